The van der Waals surface area contributed by atoms with Crippen LogP contribution in [0, 0.1) is 64.6 Å². The second-order valence-corrected chi connectivity index (χ2v) is 18.8. The van der Waals surface area contributed by atoms with E-state index in [-0.39, 0.29) is 71.9 Å². The molecule has 0 amide bonds. The number of likely N-dealkylation sites (N-methyl/N-ethyl adjacent to an activating group) is 1. The van der Waals surface area contributed by atoms with Gasteiger partial charge in [0.2, 0.25) is 0 Å². The number of rotatable bonds is 7. The number of ether oxygens (including phenoxy) is 4. The first-order valence-corrected chi connectivity index (χ1v) is 21.0. The van der Waals surface area contributed by atoms with Crippen LogP contribution in [0.2, 0.25) is 0 Å². The van der Waals surface area contributed by atoms with Crippen molar-refractivity contribution in [3.8, 4) is 0 Å². The molecule has 288 valence electrons. The molecule has 8 N–H and O–H groups in total. The predicted molar refractivity (Wildman–Crippen MR) is 191 cm³/mol. The van der Waals surface area contributed by atoms with E-state index in [2.05, 4.69) is 29.8 Å². The SMILES string of the molecule is C[NH2+][C@H]1C=CC2C(OC1)C(O)CCC2[C@H]1OC2C(CCC3C4C(CC(O)CC4OC)C[C@]4(CC[C@H](CC5CCC(N)[NH2+]C5)C4)C32)[C@H]1COC(C)=O. The topological polar surface area (TPSA) is 154 Å². The zero-order valence-corrected chi connectivity index (χ0v) is 31.5. The van der Waals surface area contributed by atoms with Gasteiger partial charge in [0.1, 0.15) is 18.8 Å². The van der Waals surface area contributed by atoms with E-state index in [4.69, 9.17) is 24.7 Å². The summed E-state index contributed by atoms with van der Waals surface area (Å²) in [4.78, 5) is 12.4. The molecule has 3 aliphatic heterocycles. The molecule has 2 saturated heterocycles. The van der Waals surface area contributed by atoms with Crippen molar-refractivity contribution < 1.29 is 44.6 Å². The van der Waals surface area contributed by atoms with Gasteiger partial charge in [-0.15, -0.1) is 0 Å². The first-order chi connectivity index (χ1) is 24.7. The number of quaternary nitrogens is 2. The molecule has 0 aromatic rings. The highest BCUT2D eigenvalue weighted by molar-refractivity contribution is 5.65. The van der Waals surface area contributed by atoms with Crippen LogP contribution in [0.1, 0.15) is 90.4 Å². The minimum atomic E-state index is -0.481. The molecule has 1 spiro atoms. The van der Waals surface area contributed by atoms with E-state index in [1.54, 1.807) is 0 Å². The largest absolute Gasteiger partial charge is 0.465 e. The molecule has 14 unspecified atom stereocenters. The molecule has 0 aromatic heterocycles. The van der Waals surface area contributed by atoms with Crippen molar-refractivity contribution in [2.24, 2.45) is 70.3 Å². The molecule has 0 bridgehead atoms. The van der Waals surface area contributed by atoms with E-state index >= 15 is 0 Å². The van der Waals surface area contributed by atoms with Gasteiger partial charge in [0.25, 0.3) is 0 Å². The standard InChI is InChI=1S/C41H67N3O7/c1-22(45)49-21-32-30-7-8-31-36-25(15-27(46)16-34(36)48-3)18-41(13-12-23(17-41)14-24-4-11-35(42)44-19-24)37(31)40(30)51-38(32)28-9-10-33(47)39-29(28)6-5-26(43-2)20-50-39/h5-6,23-40,43-44,46-47H,4,7-21,42H2,1-3H3/p+2/t23-,24?,25?,26+,27?,28?,29?,30?,31?,32-,33?,34?,35?,36?,37?,38-,39?,40?,41-/m1/s1. The molecule has 8 aliphatic rings. The van der Waals surface area contributed by atoms with Crippen LogP contribution in [0.4, 0.5) is 0 Å². The first-order valence-electron chi connectivity index (χ1n) is 21.0. The summed E-state index contributed by atoms with van der Waals surface area (Å²) in [5, 5.41) is 26.9. The van der Waals surface area contributed by atoms with Crippen molar-refractivity contribution in [3.05, 3.63) is 12.2 Å². The molecule has 5 aliphatic carbocycles. The van der Waals surface area contributed by atoms with Gasteiger partial charge in [-0.3, -0.25) is 10.5 Å². The summed E-state index contributed by atoms with van der Waals surface area (Å²) in [6.45, 7) is 3.69. The summed E-state index contributed by atoms with van der Waals surface area (Å²) < 4.78 is 26.3. The third-order valence-corrected chi connectivity index (χ3v) is 16.1. The lowest BCUT2D eigenvalue weighted by Gasteiger charge is -2.61. The van der Waals surface area contributed by atoms with Crippen LogP contribution in [0.5, 0.6) is 0 Å². The maximum absolute atomic E-state index is 12.4. The first kappa shape index (κ1) is 36.8. The van der Waals surface area contributed by atoms with Gasteiger partial charge in [-0.05, 0) is 130 Å². The van der Waals surface area contributed by atoms with Gasteiger partial charge in [0.05, 0.1) is 56.8 Å². The molecule has 10 heteroatoms. The lowest BCUT2D eigenvalue weighted by molar-refractivity contribution is -0.703. The van der Waals surface area contributed by atoms with E-state index in [0.717, 1.165) is 56.9 Å². The van der Waals surface area contributed by atoms with Crippen molar-refractivity contribution in [2.45, 2.75) is 139 Å². The van der Waals surface area contributed by atoms with Gasteiger partial charge >= 0.3 is 5.97 Å². The molecule has 5 saturated carbocycles. The number of hydrogen-bond acceptors (Lipinski definition) is 8. The van der Waals surface area contributed by atoms with Crippen LogP contribution in [-0.2, 0) is 23.7 Å². The summed E-state index contributed by atoms with van der Waals surface area (Å²) in [6, 6.07) is 0.240. The monoisotopic (exact) mass is 716 g/mol. The van der Waals surface area contributed by atoms with Crippen LogP contribution >= 0.6 is 0 Å². The molecule has 3 heterocycles. The summed E-state index contributed by atoms with van der Waals surface area (Å²) >= 11 is 0. The van der Waals surface area contributed by atoms with Gasteiger partial charge in [-0.2, -0.15) is 0 Å². The van der Waals surface area contributed by atoms with Crippen LogP contribution in [0.15, 0.2) is 12.2 Å². The molecular formula is C41H69N3O7+2. The maximum Gasteiger partial charge on any atom is 0.302 e. The Morgan fingerprint density at radius 1 is 0.980 bits per heavy atom. The number of fused-ring (bicyclic) bond motifs is 7. The Labute approximate surface area is 305 Å². The number of nitrogens with two attached hydrogens (primary N) is 3. The summed E-state index contributed by atoms with van der Waals surface area (Å²) in [5.74, 6) is 3.89. The highest BCUT2D eigenvalue weighted by atomic mass is 16.5. The van der Waals surface area contributed by atoms with Crippen LogP contribution in [-0.4, -0.2) is 98.9 Å². The minimum Gasteiger partial charge on any atom is -0.465 e. The number of carbonyl (C=O) groups is 1. The predicted octanol–water partition coefficient (Wildman–Crippen LogP) is 1.72. The van der Waals surface area contributed by atoms with Crippen LogP contribution in [0.3, 0.4) is 0 Å². The lowest BCUT2D eigenvalue weighted by Crippen LogP contribution is -2.95. The van der Waals surface area contributed by atoms with Gasteiger partial charge in [-0.1, -0.05) is 6.08 Å². The third kappa shape index (κ3) is 7.00. The van der Waals surface area contributed by atoms with Crippen LogP contribution in [0.25, 0.3) is 0 Å². The highest BCUT2D eigenvalue weighted by Crippen LogP contribution is 2.68. The average Bonchev–Trinajstić information content (AvgIpc) is 3.60. The summed E-state index contributed by atoms with van der Waals surface area (Å²) in [7, 11) is 3.94. The highest BCUT2D eigenvalue weighted by Gasteiger charge is 2.66. The van der Waals surface area contributed by atoms with Gasteiger partial charge < -0.3 is 39.8 Å². The Morgan fingerprint density at radius 2 is 1.80 bits per heavy atom. The lowest BCUT2D eigenvalue weighted by atomic mass is 9.45. The Morgan fingerprint density at radius 3 is 2.57 bits per heavy atom. The van der Waals surface area contributed by atoms with Gasteiger partial charge in [0.15, 0.2) is 0 Å². The molecule has 0 radical (unpaired) electrons. The quantitative estimate of drug-likeness (QED) is 0.198. The maximum atomic E-state index is 12.4. The van der Waals surface area contributed by atoms with Crippen molar-refractivity contribution in [2.75, 3.05) is 33.9 Å². The van der Waals surface area contributed by atoms with Gasteiger partial charge in [-0.25, -0.2) is 0 Å². The second kappa shape index (κ2) is 15.2. The Bertz CT molecular complexity index is 1250. The molecule has 8 rings (SSSR count). The van der Waals surface area contributed by atoms with E-state index in [9.17, 15) is 15.0 Å². The fourth-order valence-electron chi connectivity index (χ4n) is 14.1. The van der Waals surface area contributed by atoms with Crippen LogP contribution < -0.4 is 16.4 Å². The Balaban J connectivity index is 1.12. The average molecular weight is 716 g/mol. The Kier molecular flexibility index (Phi) is 11.0. The normalized spacial score (nSPS) is 52.4. The number of piperidine rings is 1. The zero-order valence-electron chi connectivity index (χ0n) is 31.5. The number of hydrogen-bond donors (Lipinski definition) is 5. The smallest absolute Gasteiger partial charge is 0.302 e. The number of carbonyl (C=O) groups excluding carboxylic acids is 1. The zero-order chi connectivity index (χ0) is 35.4. The summed E-state index contributed by atoms with van der Waals surface area (Å²) in [6.07, 6.45) is 18.2. The number of aliphatic hydroxyl groups is 2. The number of methoxy groups -OCH3 is 1. The van der Waals surface area contributed by atoms with Crippen molar-refractivity contribution in [1.82, 2.24) is 0 Å². The molecule has 10 nitrogen and oxygen atoms in total. The number of aliphatic hydroxyl groups excluding tert-OH is 2. The van der Waals surface area contributed by atoms with Crippen molar-refractivity contribution in [3.63, 3.8) is 0 Å². The molecule has 51 heavy (non-hydrogen) atoms. The van der Waals surface area contributed by atoms with Crippen molar-refractivity contribution >= 4 is 5.97 Å². The third-order valence-electron chi connectivity index (χ3n) is 16.1. The van der Waals surface area contributed by atoms with Crippen molar-refractivity contribution in [1.29, 1.82) is 0 Å². The second-order valence-electron chi connectivity index (χ2n) is 18.8. The summed E-state index contributed by atoms with van der Waals surface area (Å²) in [5.41, 5.74) is 6.46. The van der Waals surface area contributed by atoms with Gasteiger partial charge in [0, 0.05) is 38.2 Å². The van der Waals surface area contributed by atoms with E-state index in [1.807, 2.05) is 7.11 Å². The van der Waals surface area contributed by atoms with E-state index in [1.165, 1.54) is 45.4 Å². The molecule has 19 atom stereocenters. The van der Waals surface area contributed by atoms with E-state index < -0.39 is 6.10 Å². The Hall–Kier alpha value is -1.11. The molecular weight excluding hydrogens is 646 g/mol. The van der Waals surface area contributed by atoms with E-state index in [0.29, 0.717) is 49.2 Å². The fraction of sp³-hybridized carbons (Fsp3) is 0.927. The molecule has 0 aromatic carbocycles. The fourth-order valence-corrected chi connectivity index (χ4v) is 14.1. The molecule has 7 fully saturated rings. The minimum absolute atomic E-state index is 0.0473. The number of esters is 1.